The minimum atomic E-state index is -0.447. The number of phenolic OH excluding ortho intramolecular Hbond substituents is 1. The van der Waals surface area contributed by atoms with Crippen molar-refractivity contribution < 1.29 is 14.6 Å². The van der Waals surface area contributed by atoms with Gasteiger partial charge in [0.1, 0.15) is 17.4 Å². The van der Waals surface area contributed by atoms with Gasteiger partial charge in [-0.15, -0.1) is 0 Å². The average Bonchev–Trinajstić information content (AvgIpc) is 2.99. The van der Waals surface area contributed by atoms with E-state index in [0.717, 1.165) is 12.8 Å². The van der Waals surface area contributed by atoms with Crippen LogP contribution in [0.5, 0.6) is 5.75 Å². The molecule has 6 heteroatoms. The molecule has 1 aliphatic rings. The van der Waals surface area contributed by atoms with E-state index < -0.39 is 5.91 Å². The summed E-state index contributed by atoms with van der Waals surface area (Å²) in [4.78, 5) is 11.9. The van der Waals surface area contributed by atoms with Gasteiger partial charge in [-0.25, -0.2) is 0 Å². The Morgan fingerprint density at radius 3 is 3.05 bits per heavy atom. The molecule has 1 aromatic rings. The zero-order valence-corrected chi connectivity index (χ0v) is 12.1. The van der Waals surface area contributed by atoms with Gasteiger partial charge in [-0.1, -0.05) is 17.7 Å². The summed E-state index contributed by atoms with van der Waals surface area (Å²) in [7, 11) is 0. The fraction of sp³-hybridized carbons (Fsp3) is 0.333. The molecular formula is C15H15ClN2O3. The van der Waals surface area contributed by atoms with Crippen molar-refractivity contribution >= 4 is 23.6 Å². The summed E-state index contributed by atoms with van der Waals surface area (Å²) in [6.07, 6.45) is 3.36. The van der Waals surface area contributed by atoms with E-state index in [2.05, 4.69) is 5.32 Å². The Morgan fingerprint density at radius 1 is 1.62 bits per heavy atom. The highest BCUT2D eigenvalue weighted by Gasteiger charge is 2.17. The molecule has 0 spiro atoms. The quantitative estimate of drug-likeness (QED) is 0.660. The molecule has 2 rings (SSSR count). The minimum Gasteiger partial charge on any atom is -0.506 e. The molecule has 2 N–H and O–H groups in total. The van der Waals surface area contributed by atoms with Crippen molar-refractivity contribution in [2.24, 2.45) is 0 Å². The Kier molecular flexibility index (Phi) is 5.20. The Hall–Kier alpha value is -2.03. The summed E-state index contributed by atoms with van der Waals surface area (Å²) >= 11 is 5.79. The fourth-order valence-corrected chi connectivity index (χ4v) is 2.22. The molecule has 5 nitrogen and oxygen atoms in total. The van der Waals surface area contributed by atoms with E-state index in [4.69, 9.17) is 21.6 Å². The van der Waals surface area contributed by atoms with Crippen LogP contribution in [0, 0.1) is 11.3 Å². The van der Waals surface area contributed by atoms with Crippen LogP contribution < -0.4 is 5.32 Å². The highest BCUT2D eigenvalue weighted by molar-refractivity contribution is 6.32. The SMILES string of the molecule is N#C/C(=C\c1ccc(O)c(Cl)c1)C(=O)NC[C@@H]1CCCO1. The van der Waals surface area contributed by atoms with Gasteiger partial charge >= 0.3 is 0 Å². The number of ether oxygens (including phenoxy) is 1. The van der Waals surface area contributed by atoms with Gasteiger partial charge in [0, 0.05) is 13.2 Å². The molecule has 1 amide bonds. The number of nitriles is 1. The van der Waals surface area contributed by atoms with Gasteiger partial charge in [-0.05, 0) is 36.6 Å². The van der Waals surface area contributed by atoms with Crippen molar-refractivity contribution in [2.45, 2.75) is 18.9 Å². The first-order chi connectivity index (χ1) is 10.1. The first-order valence-electron chi connectivity index (χ1n) is 6.60. The Balaban J connectivity index is 2.03. The highest BCUT2D eigenvalue weighted by Crippen LogP contribution is 2.24. The molecule has 0 unspecified atom stereocenters. The number of nitrogens with zero attached hydrogens (tertiary/aromatic N) is 1. The number of aromatic hydroxyl groups is 1. The van der Waals surface area contributed by atoms with Crippen molar-refractivity contribution in [2.75, 3.05) is 13.2 Å². The number of halogens is 1. The zero-order valence-electron chi connectivity index (χ0n) is 11.3. The van der Waals surface area contributed by atoms with Crippen LogP contribution in [0.1, 0.15) is 18.4 Å². The van der Waals surface area contributed by atoms with Gasteiger partial charge in [0.2, 0.25) is 0 Å². The zero-order chi connectivity index (χ0) is 15.2. The minimum absolute atomic E-state index is 0.0187. The van der Waals surface area contributed by atoms with Crippen LogP contribution in [0.2, 0.25) is 5.02 Å². The summed E-state index contributed by atoms with van der Waals surface area (Å²) < 4.78 is 5.40. The molecule has 0 aliphatic carbocycles. The molecule has 0 radical (unpaired) electrons. The van der Waals surface area contributed by atoms with Gasteiger partial charge in [-0.2, -0.15) is 5.26 Å². The van der Waals surface area contributed by atoms with Gasteiger partial charge in [0.25, 0.3) is 5.91 Å². The molecule has 1 atom stereocenters. The lowest BCUT2D eigenvalue weighted by atomic mass is 10.1. The molecule has 0 saturated carbocycles. The number of hydrogen-bond acceptors (Lipinski definition) is 4. The van der Waals surface area contributed by atoms with Crippen LogP contribution >= 0.6 is 11.6 Å². The van der Waals surface area contributed by atoms with Crippen molar-refractivity contribution in [1.29, 1.82) is 5.26 Å². The van der Waals surface area contributed by atoms with E-state index in [9.17, 15) is 9.90 Å². The molecule has 110 valence electrons. The lowest BCUT2D eigenvalue weighted by molar-refractivity contribution is -0.117. The second-order valence-electron chi connectivity index (χ2n) is 4.73. The second kappa shape index (κ2) is 7.11. The summed E-state index contributed by atoms with van der Waals surface area (Å²) in [6, 6.07) is 6.34. The number of carbonyl (C=O) groups excluding carboxylic acids is 1. The first-order valence-corrected chi connectivity index (χ1v) is 6.98. The topological polar surface area (TPSA) is 82.3 Å². The highest BCUT2D eigenvalue weighted by atomic mass is 35.5. The lowest BCUT2D eigenvalue weighted by Crippen LogP contribution is -2.32. The summed E-state index contributed by atoms with van der Waals surface area (Å²) in [6.45, 7) is 1.11. The summed E-state index contributed by atoms with van der Waals surface area (Å²) in [5.41, 5.74) is 0.552. The second-order valence-corrected chi connectivity index (χ2v) is 5.13. The molecule has 1 fully saturated rings. The maximum absolute atomic E-state index is 11.9. The molecule has 21 heavy (non-hydrogen) atoms. The maximum Gasteiger partial charge on any atom is 0.262 e. The van der Waals surface area contributed by atoms with Crippen molar-refractivity contribution in [1.82, 2.24) is 5.32 Å². The van der Waals surface area contributed by atoms with Gasteiger partial charge in [-0.3, -0.25) is 4.79 Å². The number of hydrogen-bond donors (Lipinski definition) is 2. The Bertz CT molecular complexity index is 601. The molecule has 0 aromatic heterocycles. The summed E-state index contributed by atoms with van der Waals surface area (Å²) in [5, 5.41) is 21.3. The number of nitrogens with one attached hydrogen (secondary N) is 1. The third-order valence-electron chi connectivity index (χ3n) is 3.16. The molecular weight excluding hydrogens is 292 g/mol. The monoisotopic (exact) mass is 306 g/mol. The normalized spacial score (nSPS) is 18.3. The largest absolute Gasteiger partial charge is 0.506 e. The number of amides is 1. The number of phenols is 1. The standard InChI is InChI=1S/C15H15ClN2O3/c16-13-7-10(3-4-14(13)19)6-11(8-17)15(20)18-9-12-2-1-5-21-12/h3-4,6-7,12,19H,1-2,5,9H2,(H,18,20)/b11-6+/t12-/m0/s1. The van der Waals surface area contributed by atoms with Gasteiger partial charge in [0.05, 0.1) is 11.1 Å². The van der Waals surface area contributed by atoms with Crippen LogP contribution in [0.15, 0.2) is 23.8 Å². The predicted molar refractivity (Wildman–Crippen MR) is 78.7 cm³/mol. The van der Waals surface area contributed by atoms with E-state index in [1.54, 1.807) is 6.07 Å². The molecule has 1 saturated heterocycles. The fourth-order valence-electron chi connectivity index (χ4n) is 2.04. The third-order valence-corrected chi connectivity index (χ3v) is 3.46. The number of rotatable bonds is 4. The number of benzene rings is 1. The van der Waals surface area contributed by atoms with Gasteiger partial charge < -0.3 is 15.2 Å². The van der Waals surface area contributed by atoms with Gasteiger partial charge in [0.15, 0.2) is 0 Å². The van der Waals surface area contributed by atoms with E-state index in [1.807, 2.05) is 6.07 Å². The molecule has 1 aromatic carbocycles. The lowest BCUT2D eigenvalue weighted by Gasteiger charge is -2.10. The van der Waals surface area contributed by atoms with Crippen LogP contribution in [0.25, 0.3) is 6.08 Å². The van der Waals surface area contributed by atoms with E-state index in [1.165, 1.54) is 18.2 Å². The summed E-state index contributed by atoms with van der Waals surface area (Å²) in [5.74, 6) is -0.493. The smallest absolute Gasteiger partial charge is 0.262 e. The van der Waals surface area contributed by atoms with Crippen LogP contribution in [0.4, 0.5) is 0 Å². The Labute approximate surface area is 127 Å². The third kappa shape index (κ3) is 4.22. The predicted octanol–water partition coefficient (Wildman–Crippen LogP) is 2.25. The van der Waals surface area contributed by atoms with E-state index in [0.29, 0.717) is 18.7 Å². The average molecular weight is 307 g/mol. The van der Waals surface area contributed by atoms with E-state index >= 15 is 0 Å². The van der Waals surface area contributed by atoms with Crippen LogP contribution in [-0.2, 0) is 9.53 Å². The van der Waals surface area contributed by atoms with Crippen LogP contribution in [-0.4, -0.2) is 30.3 Å². The molecule has 0 bridgehead atoms. The van der Waals surface area contributed by atoms with Crippen molar-refractivity contribution in [3.05, 3.63) is 34.4 Å². The Morgan fingerprint density at radius 2 is 2.43 bits per heavy atom. The maximum atomic E-state index is 11.9. The molecule has 1 heterocycles. The molecule has 1 aliphatic heterocycles. The van der Waals surface area contributed by atoms with E-state index in [-0.39, 0.29) is 22.4 Å². The van der Waals surface area contributed by atoms with Crippen molar-refractivity contribution in [3.63, 3.8) is 0 Å². The first kappa shape index (κ1) is 15.4. The number of carbonyl (C=O) groups is 1. The van der Waals surface area contributed by atoms with Crippen molar-refractivity contribution in [3.8, 4) is 11.8 Å². The van der Waals surface area contributed by atoms with Crippen LogP contribution in [0.3, 0.4) is 0 Å².